The quantitative estimate of drug-likeness (QED) is 0.318. The zero-order chi connectivity index (χ0) is 17.6. The van der Waals surface area contributed by atoms with Crippen LogP contribution < -0.4 is 10.6 Å². The van der Waals surface area contributed by atoms with Gasteiger partial charge in [-0.25, -0.2) is 13.4 Å². The van der Waals surface area contributed by atoms with Gasteiger partial charge in [-0.1, -0.05) is 18.7 Å². The summed E-state index contributed by atoms with van der Waals surface area (Å²) in [6, 6.07) is 6.70. The van der Waals surface area contributed by atoms with E-state index in [-0.39, 0.29) is 5.75 Å². The maximum absolute atomic E-state index is 12.1. The molecule has 0 atom stereocenters. The van der Waals surface area contributed by atoms with Gasteiger partial charge in [0.15, 0.2) is 0 Å². The van der Waals surface area contributed by atoms with Crippen LogP contribution in [-0.2, 0) is 20.5 Å². The second-order valence-electron chi connectivity index (χ2n) is 5.46. The van der Waals surface area contributed by atoms with Gasteiger partial charge in [0.2, 0.25) is 10.0 Å². The molecule has 8 nitrogen and oxygen atoms in total. The normalized spacial score (nSPS) is 15.6. The average molecular weight is 353 g/mol. The molecule has 1 aliphatic heterocycles. The van der Waals surface area contributed by atoms with Crippen molar-refractivity contribution in [2.45, 2.75) is 5.75 Å². The summed E-state index contributed by atoms with van der Waals surface area (Å²) in [5, 5.41) is 1.29. The summed E-state index contributed by atoms with van der Waals surface area (Å²) in [6.45, 7) is 6.60. The fraction of sp³-hybridized carbons (Fsp3) is 0.400. The van der Waals surface area contributed by atoms with E-state index in [0.29, 0.717) is 30.3 Å². The summed E-state index contributed by atoms with van der Waals surface area (Å²) in [5.74, 6) is 0.429. The third kappa shape index (κ3) is 5.84. The van der Waals surface area contributed by atoms with Crippen molar-refractivity contribution in [2.24, 2.45) is 4.99 Å². The number of sulfonamides is 1. The minimum atomic E-state index is -3.54. The van der Waals surface area contributed by atoms with Crippen molar-refractivity contribution in [3.63, 3.8) is 0 Å². The fourth-order valence-electron chi connectivity index (χ4n) is 2.16. The summed E-state index contributed by atoms with van der Waals surface area (Å²) in [7, 11) is -1.97. The third-order valence-electron chi connectivity index (χ3n) is 3.38. The predicted molar refractivity (Wildman–Crippen MR) is 94.4 cm³/mol. The van der Waals surface area contributed by atoms with Crippen LogP contribution in [-0.4, -0.2) is 58.0 Å². The lowest BCUT2D eigenvalue weighted by Crippen LogP contribution is -2.39. The number of anilines is 1. The molecule has 1 aliphatic rings. The molecule has 0 amide bonds. The van der Waals surface area contributed by atoms with E-state index in [1.165, 1.54) is 11.3 Å². The largest absolute Gasteiger partial charge is 0.399 e. The zero-order valence-electron chi connectivity index (χ0n) is 13.7. The Kier molecular flexibility index (Phi) is 6.18. The number of nitrogens with one attached hydrogen (secondary N) is 1. The monoisotopic (exact) mass is 353 g/mol. The number of hydrogen-bond acceptors (Lipinski definition) is 6. The molecule has 24 heavy (non-hydrogen) atoms. The number of nitrogens with two attached hydrogens (primary N) is 1. The molecule has 9 heteroatoms. The van der Waals surface area contributed by atoms with Crippen molar-refractivity contribution in [3.05, 3.63) is 42.2 Å². The summed E-state index contributed by atoms with van der Waals surface area (Å²) in [6.07, 6.45) is 1.39. The molecule has 0 saturated carbocycles. The van der Waals surface area contributed by atoms with Crippen LogP contribution >= 0.6 is 0 Å². The Balaban J connectivity index is 1.87. The first kappa shape index (κ1) is 18.2. The SMILES string of the molecule is C=C(N=CN(C)NS(=O)(=O)Cc1ccc(N)cc1)N1CCOCC1. The highest BCUT2D eigenvalue weighted by molar-refractivity contribution is 7.88. The van der Waals surface area contributed by atoms with Crippen LogP contribution in [0, 0.1) is 0 Å². The van der Waals surface area contributed by atoms with Crippen molar-refractivity contribution in [2.75, 3.05) is 39.1 Å². The van der Waals surface area contributed by atoms with Crippen LogP contribution in [0.25, 0.3) is 0 Å². The smallest absolute Gasteiger partial charge is 0.232 e. The number of morpholine rings is 1. The molecule has 0 aromatic heterocycles. The van der Waals surface area contributed by atoms with E-state index in [1.807, 2.05) is 4.90 Å². The van der Waals surface area contributed by atoms with Crippen LogP contribution in [0.15, 0.2) is 41.7 Å². The minimum absolute atomic E-state index is 0.143. The molecule has 3 N–H and O–H groups in total. The Morgan fingerprint density at radius 2 is 2.04 bits per heavy atom. The molecule has 1 saturated heterocycles. The van der Waals surface area contributed by atoms with Crippen LogP contribution in [0.1, 0.15) is 5.56 Å². The first-order valence-electron chi connectivity index (χ1n) is 7.49. The van der Waals surface area contributed by atoms with Crippen LogP contribution in [0.5, 0.6) is 0 Å². The predicted octanol–water partition coefficient (Wildman–Crippen LogP) is 0.367. The second-order valence-corrected chi connectivity index (χ2v) is 7.16. The number of hydrogen-bond donors (Lipinski definition) is 2. The van der Waals surface area contributed by atoms with E-state index in [9.17, 15) is 8.42 Å². The van der Waals surface area contributed by atoms with Crippen LogP contribution in [0.3, 0.4) is 0 Å². The topological polar surface area (TPSA) is 100 Å². The molecule has 1 fully saturated rings. The Labute approximate surface area is 142 Å². The number of nitrogen functional groups attached to an aromatic ring is 1. The number of rotatable bonds is 7. The highest BCUT2D eigenvalue weighted by atomic mass is 32.2. The van der Waals surface area contributed by atoms with E-state index >= 15 is 0 Å². The first-order chi connectivity index (χ1) is 11.4. The molecule has 2 rings (SSSR count). The molecule has 0 unspecified atom stereocenters. The van der Waals surface area contributed by atoms with E-state index in [1.54, 1.807) is 31.3 Å². The van der Waals surface area contributed by atoms with Gasteiger partial charge in [0, 0.05) is 25.8 Å². The van der Waals surface area contributed by atoms with Gasteiger partial charge >= 0.3 is 0 Å². The molecular formula is C15H23N5O3S. The zero-order valence-corrected chi connectivity index (χ0v) is 14.5. The van der Waals surface area contributed by atoms with Gasteiger partial charge in [0.25, 0.3) is 0 Å². The molecule has 132 valence electrons. The van der Waals surface area contributed by atoms with Gasteiger partial charge in [-0.2, -0.15) is 0 Å². The molecule has 0 aliphatic carbocycles. The maximum Gasteiger partial charge on any atom is 0.232 e. The fourth-order valence-corrected chi connectivity index (χ4v) is 3.35. The van der Waals surface area contributed by atoms with Crippen molar-refractivity contribution in [3.8, 4) is 0 Å². The Morgan fingerprint density at radius 3 is 2.67 bits per heavy atom. The Morgan fingerprint density at radius 1 is 1.42 bits per heavy atom. The van der Waals surface area contributed by atoms with Gasteiger partial charge in [0.1, 0.15) is 12.2 Å². The lowest BCUT2D eigenvalue weighted by atomic mass is 10.2. The van der Waals surface area contributed by atoms with Gasteiger partial charge in [-0.05, 0) is 17.7 Å². The number of hydrazine groups is 1. The molecule has 0 spiro atoms. The second kappa shape index (κ2) is 8.13. The molecule has 1 heterocycles. The number of nitrogens with zero attached hydrogens (tertiary/aromatic N) is 3. The highest BCUT2D eigenvalue weighted by Gasteiger charge is 2.14. The van der Waals surface area contributed by atoms with Crippen molar-refractivity contribution in [1.29, 1.82) is 0 Å². The summed E-state index contributed by atoms with van der Waals surface area (Å²) in [5.41, 5.74) is 6.83. The lowest BCUT2D eigenvalue weighted by Gasteiger charge is -2.28. The number of benzene rings is 1. The summed E-state index contributed by atoms with van der Waals surface area (Å²) in [4.78, 5) is 8.59. The van der Waals surface area contributed by atoms with E-state index < -0.39 is 10.0 Å². The van der Waals surface area contributed by atoms with E-state index in [4.69, 9.17) is 10.5 Å². The van der Waals surface area contributed by atoms with Gasteiger partial charge < -0.3 is 15.4 Å². The van der Waals surface area contributed by atoms with Crippen LogP contribution in [0.4, 0.5) is 5.69 Å². The van der Waals surface area contributed by atoms with Gasteiger partial charge in [-0.15, -0.1) is 4.83 Å². The standard InChI is InChI=1S/C15H23N5O3S/c1-13(20-7-9-23-10-8-20)17-12-19(2)18-24(21,22)11-14-3-5-15(16)6-4-14/h3-6,12,18H,1,7-11,16H2,2H3. The van der Waals surface area contributed by atoms with Crippen molar-refractivity contribution < 1.29 is 13.2 Å². The molecule has 1 aromatic rings. The van der Waals surface area contributed by atoms with E-state index in [2.05, 4.69) is 16.4 Å². The third-order valence-corrected chi connectivity index (χ3v) is 4.66. The van der Waals surface area contributed by atoms with E-state index in [0.717, 1.165) is 13.1 Å². The Hall–Kier alpha value is -2.10. The Bertz CT molecular complexity index is 682. The molecule has 1 aromatic carbocycles. The lowest BCUT2D eigenvalue weighted by molar-refractivity contribution is 0.0534. The minimum Gasteiger partial charge on any atom is -0.399 e. The number of ether oxygens (including phenoxy) is 1. The molecule has 0 bridgehead atoms. The van der Waals surface area contributed by atoms with Gasteiger partial charge in [0.05, 0.1) is 19.0 Å². The van der Waals surface area contributed by atoms with Crippen molar-refractivity contribution in [1.82, 2.24) is 14.7 Å². The summed E-state index contributed by atoms with van der Waals surface area (Å²) >= 11 is 0. The highest BCUT2D eigenvalue weighted by Crippen LogP contribution is 2.09. The summed E-state index contributed by atoms with van der Waals surface area (Å²) < 4.78 is 29.6. The first-order valence-corrected chi connectivity index (χ1v) is 9.14. The van der Waals surface area contributed by atoms with Gasteiger partial charge in [-0.3, -0.25) is 5.01 Å². The molecular weight excluding hydrogens is 330 g/mol. The average Bonchev–Trinajstić information content (AvgIpc) is 2.55. The number of aliphatic imine (C=N–C) groups is 1. The maximum atomic E-state index is 12.1. The van der Waals surface area contributed by atoms with Crippen molar-refractivity contribution >= 4 is 22.0 Å². The molecule has 0 radical (unpaired) electrons. The van der Waals surface area contributed by atoms with Crippen LogP contribution in [0.2, 0.25) is 0 Å².